The number of non-ortho nitro benzene ring substituents is 1. The first-order valence-corrected chi connectivity index (χ1v) is 10.1. The number of aliphatic hydroxyl groups is 1. The normalized spacial score (nSPS) is 21.4. The van der Waals surface area contributed by atoms with Gasteiger partial charge in [-0.2, -0.15) is 0 Å². The van der Waals surface area contributed by atoms with Gasteiger partial charge < -0.3 is 10.0 Å². The largest absolute Gasteiger partial charge is 0.507 e. The Morgan fingerprint density at radius 1 is 1.10 bits per heavy atom. The van der Waals surface area contributed by atoms with Crippen molar-refractivity contribution in [2.24, 2.45) is 0 Å². The first-order chi connectivity index (χ1) is 14.4. The molecule has 0 radical (unpaired) electrons. The second-order valence-corrected chi connectivity index (χ2v) is 7.94. The van der Waals surface area contributed by atoms with Crippen LogP contribution in [0.1, 0.15) is 42.9 Å². The number of carbonyl (C=O) groups is 2. The first kappa shape index (κ1) is 20.1. The zero-order valence-electron chi connectivity index (χ0n) is 16.0. The Morgan fingerprint density at radius 3 is 2.40 bits per heavy atom. The molecular weight excluding hydrogens is 408 g/mol. The second kappa shape index (κ2) is 7.91. The summed E-state index contributed by atoms with van der Waals surface area (Å²) in [5, 5.41) is 22.6. The van der Waals surface area contributed by atoms with Gasteiger partial charge in [-0.1, -0.05) is 48.7 Å². The third-order valence-electron chi connectivity index (χ3n) is 5.71. The quantitative estimate of drug-likeness (QED) is 0.253. The highest BCUT2D eigenvalue weighted by atomic mass is 35.5. The van der Waals surface area contributed by atoms with Gasteiger partial charge in [0.15, 0.2) is 0 Å². The van der Waals surface area contributed by atoms with Gasteiger partial charge in [-0.25, -0.2) is 0 Å². The van der Waals surface area contributed by atoms with E-state index >= 15 is 0 Å². The van der Waals surface area contributed by atoms with Crippen molar-refractivity contribution in [3.63, 3.8) is 0 Å². The third-order valence-corrected chi connectivity index (χ3v) is 5.97. The molecule has 2 aliphatic rings. The van der Waals surface area contributed by atoms with Crippen LogP contribution in [0.15, 0.2) is 54.1 Å². The predicted molar refractivity (Wildman–Crippen MR) is 111 cm³/mol. The van der Waals surface area contributed by atoms with Crippen LogP contribution in [0.2, 0.25) is 5.02 Å². The summed E-state index contributed by atoms with van der Waals surface area (Å²) in [5.41, 5.74) is 0.493. The van der Waals surface area contributed by atoms with Crippen LogP contribution in [-0.4, -0.2) is 32.7 Å². The average Bonchev–Trinajstić information content (AvgIpc) is 3.35. The lowest BCUT2D eigenvalue weighted by atomic mass is 9.94. The zero-order valence-corrected chi connectivity index (χ0v) is 16.7. The summed E-state index contributed by atoms with van der Waals surface area (Å²) in [5.74, 6) is -1.86. The molecule has 1 aliphatic heterocycles. The lowest BCUT2D eigenvalue weighted by Gasteiger charge is -2.30. The molecule has 1 N–H and O–H groups in total. The minimum atomic E-state index is -0.786. The van der Waals surface area contributed by atoms with E-state index in [0.717, 1.165) is 25.7 Å². The molecule has 0 spiro atoms. The van der Waals surface area contributed by atoms with E-state index < -0.39 is 28.4 Å². The number of nitro benzene ring substituents is 1. The molecule has 0 bridgehead atoms. The molecule has 1 aliphatic carbocycles. The Bertz CT molecular complexity index is 1060. The highest BCUT2D eigenvalue weighted by Crippen LogP contribution is 2.43. The molecule has 8 heteroatoms. The molecule has 4 rings (SSSR count). The Morgan fingerprint density at radius 2 is 1.77 bits per heavy atom. The molecule has 2 aromatic rings. The van der Waals surface area contributed by atoms with Gasteiger partial charge in [-0.15, -0.1) is 0 Å². The Hall–Kier alpha value is -3.19. The molecule has 1 amide bonds. The summed E-state index contributed by atoms with van der Waals surface area (Å²) in [4.78, 5) is 38.1. The zero-order chi connectivity index (χ0) is 21.4. The van der Waals surface area contributed by atoms with Crippen LogP contribution in [0.25, 0.3) is 5.76 Å². The fraction of sp³-hybridized carbons (Fsp3) is 0.273. The molecular formula is C22H19ClN2O5. The Balaban J connectivity index is 1.89. The van der Waals surface area contributed by atoms with E-state index in [-0.39, 0.29) is 22.9 Å². The summed E-state index contributed by atoms with van der Waals surface area (Å²) >= 11 is 6.01. The lowest BCUT2D eigenvalue weighted by molar-refractivity contribution is -0.384. The van der Waals surface area contributed by atoms with Gasteiger partial charge in [-0.3, -0.25) is 19.7 Å². The first-order valence-electron chi connectivity index (χ1n) is 9.69. The lowest BCUT2D eigenvalue weighted by Crippen LogP contribution is -2.37. The van der Waals surface area contributed by atoms with Crippen molar-refractivity contribution in [2.45, 2.75) is 37.8 Å². The van der Waals surface area contributed by atoms with Crippen molar-refractivity contribution in [3.05, 3.63) is 80.4 Å². The monoisotopic (exact) mass is 426 g/mol. The van der Waals surface area contributed by atoms with Gasteiger partial charge >= 0.3 is 0 Å². The highest BCUT2D eigenvalue weighted by Gasteiger charge is 2.49. The van der Waals surface area contributed by atoms with Gasteiger partial charge in [0.1, 0.15) is 5.76 Å². The SMILES string of the molecule is O=C1C(=O)N(C2CCCC2)C(c2ccc(Cl)cc2)/C1=C(/O)c1cccc([N+](=O)[O-])c1. The number of hydrogen-bond donors (Lipinski definition) is 1. The average molecular weight is 427 g/mol. The van der Waals surface area contributed by atoms with Crippen molar-refractivity contribution in [3.8, 4) is 0 Å². The van der Waals surface area contributed by atoms with Crippen molar-refractivity contribution in [2.75, 3.05) is 0 Å². The van der Waals surface area contributed by atoms with Gasteiger partial charge in [0.2, 0.25) is 0 Å². The number of ketones is 1. The number of likely N-dealkylation sites (tertiary alicyclic amines) is 1. The number of rotatable bonds is 4. The summed E-state index contributed by atoms with van der Waals surface area (Å²) < 4.78 is 0. The number of benzene rings is 2. The van der Waals surface area contributed by atoms with Crippen LogP contribution in [0.5, 0.6) is 0 Å². The molecule has 1 heterocycles. The van der Waals surface area contributed by atoms with E-state index in [1.54, 1.807) is 29.2 Å². The van der Waals surface area contributed by atoms with E-state index in [1.165, 1.54) is 24.3 Å². The van der Waals surface area contributed by atoms with E-state index in [0.29, 0.717) is 10.6 Å². The number of hydrogen-bond acceptors (Lipinski definition) is 5. The van der Waals surface area contributed by atoms with Crippen LogP contribution in [0, 0.1) is 10.1 Å². The molecule has 30 heavy (non-hydrogen) atoms. The molecule has 2 aromatic carbocycles. The maximum Gasteiger partial charge on any atom is 0.295 e. The summed E-state index contributed by atoms with van der Waals surface area (Å²) in [6, 6.07) is 11.3. The van der Waals surface area contributed by atoms with Crippen LogP contribution in [0.3, 0.4) is 0 Å². The van der Waals surface area contributed by atoms with Crippen LogP contribution < -0.4 is 0 Å². The number of Topliss-reactive ketones (excluding diaryl/α,β-unsaturated/α-hetero) is 1. The molecule has 1 saturated heterocycles. The van der Waals surface area contributed by atoms with Gasteiger partial charge in [0.05, 0.1) is 16.5 Å². The van der Waals surface area contributed by atoms with Gasteiger partial charge in [-0.05, 0) is 30.5 Å². The topological polar surface area (TPSA) is 101 Å². The summed E-state index contributed by atoms with van der Waals surface area (Å²) in [7, 11) is 0. The maximum absolute atomic E-state index is 13.0. The smallest absolute Gasteiger partial charge is 0.295 e. The minimum Gasteiger partial charge on any atom is -0.507 e. The number of carbonyl (C=O) groups excluding carboxylic acids is 2. The summed E-state index contributed by atoms with van der Waals surface area (Å²) in [6.45, 7) is 0. The fourth-order valence-electron chi connectivity index (χ4n) is 4.30. The van der Waals surface area contributed by atoms with E-state index in [4.69, 9.17) is 11.6 Å². The molecule has 7 nitrogen and oxygen atoms in total. The minimum absolute atomic E-state index is 0.0604. The molecule has 1 unspecified atom stereocenters. The van der Waals surface area contributed by atoms with Crippen molar-refractivity contribution in [1.29, 1.82) is 0 Å². The van der Waals surface area contributed by atoms with E-state index in [1.807, 2.05) is 0 Å². The van der Waals surface area contributed by atoms with Crippen molar-refractivity contribution in [1.82, 2.24) is 4.90 Å². The van der Waals surface area contributed by atoms with Gasteiger partial charge in [0.25, 0.3) is 17.4 Å². The summed E-state index contributed by atoms with van der Waals surface area (Å²) in [6.07, 6.45) is 3.50. The Labute approximate surface area is 177 Å². The predicted octanol–water partition coefficient (Wildman–Crippen LogP) is 4.61. The van der Waals surface area contributed by atoms with Crippen molar-refractivity contribution < 1.29 is 19.6 Å². The third kappa shape index (κ3) is 3.45. The number of aliphatic hydroxyl groups excluding tert-OH is 1. The highest BCUT2D eigenvalue weighted by molar-refractivity contribution is 6.46. The van der Waals surface area contributed by atoms with Gasteiger partial charge in [0, 0.05) is 28.8 Å². The number of halogens is 1. The van der Waals surface area contributed by atoms with Crippen LogP contribution >= 0.6 is 11.6 Å². The molecule has 154 valence electrons. The Kier molecular flexibility index (Phi) is 5.30. The molecule has 2 fully saturated rings. The molecule has 1 saturated carbocycles. The number of nitrogens with zero attached hydrogens (tertiary/aromatic N) is 2. The number of nitro groups is 1. The second-order valence-electron chi connectivity index (χ2n) is 7.50. The maximum atomic E-state index is 13.0. The van der Waals surface area contributed by atoms with Crippen LogP contribution in [-0.2, 0) is 9.59 Å². The standard InChI is InChI=1S/C22H19ClN2O5/c23-15-10-8-13(9-11-15)19-18(20(26)14-4-3-7-17(12-14)25(29)30)21(27)22(28)24(19)16-5-1-2-6-16/h3-4,7-12,16,19,26H,1-2,5-6H2/b20-18-. The van der Waals surface area contributed by atoms with Crippen LogP contribution in [0.4, 0.5) is 5.69 Å². The van der Waals surface area contributed by atoms with E-state index in [9.17, 15) is 24.8 Å². The molecule has 1 atom stereocenters. The van der Waals surface area contributed by atoms with Crippen molar-refractivity contribution >= 4 is 34.7 Å². The molecule has 0 aromatic heterocycles. The van der Waals surface area contributed by atoms with E-state index in [2.05, 4.69) is 0 Å². The number of amides is 1. The fourth-order valence-corrected chi connectivity index (χ4v) is 4.43.